The number of carboxylic acids is 1. The van der Waals surface area contributed by atoms with Crippen LogP contribution in [-0.2, 0) is 16.0 Å². The van der Waals surface area contributed by atoms with Gasteiger partial charge in [0.2, 0.25) is 0 Å². The number of carboxylic acid groups (broad SMARTS) is 1. The zero-order valence-corrected chi connectivity index (χ0v) is 25.9. The zero-order valence-electron chi connectivity index (χ0n) is 25.1. The number of para-hydroxylation sites is 2. The smallest absolute Gasteiger partial charge is 0.326 e. The molecule has 0 aliphatic heterocycles. The lowest BCUT2D eigenvalue weighted by Crippen LogP contribution is -2.32. The maximum Gasteiger partial charge on any atom is 0.326 e. The number of thiophene rings is 1. The molecule has 46 heavy (non-hydrogen) atoms. The van der Waals surface area contributed by atoms with Crippen molar-refractivity contribution in [3.05, 3.63) is 154 Å². The Morgan fingerprint density at radius 2 is 1.54 bits per heavy atom. The van der Waals surface area contributed by atoms with Gasteiger partial charge < -0.3 is 20.1 Å². The van der Waals surface area contributed by atoms with Crippen LogP contribution in [0.3, 0.4) is 0 Å². The van der Waals surface area contributed by atoms with E-state index in [0.29, 0.717) is 42.1 Å². The Bertz CT molecular complexity index is 1750. The Morgan fingerprint density at radius 3 is 2.24 bits per heavy atom. The third kappa shape index (κ3) is 8.80. The highest BCUT2D eigenvalue weighted by atomic mass is 32.1. The summed E-state index contributed by atoms with van der Waals surface area (Å²) in [6.45, 7) is 0.880. The monoisotopic (exact) mass is 630 g/mol. The fourth-order valence-corrected chi connectivity index (χ4v) is 5.54. The van der Waals surface area contributed by atoms with Crippen molar-refractivity contribution in [1.29, 1.82) is 0 Å². The maximum atomic E-state index is 13.1. The summed E-state index contributed by atoms with van der Waals surface area (Å²) in [7, 11) is 0. The molecular formula is C38H34N2O5S. The summed E-state index contributed by atoms with van der Waals surface area (Å²) < 4.78 is 5.95. The van der Waals surface area contributed by atoms with Crippen LogP contribution in [0.2, 0.25) is 0 Å². The highest BCUT2D eigenvalue weighted by Crippen LogP contribution is 2.22. The lowest BCUT2D eigenvalue weighted by atomic mass is 10.00. The number of aliphatic carboxylic acids is 1. The van der Waals surface area contributed by atoms with Gasteiger partial charge in [0.15, 0.2) is 5.78 Å². The second-order valence-electron chi connectivity index (χ2n) is 10.5. The minimum Gasteiger partial charge on any atom is -0.494 e. The number of anilines is 2. The van der Waals surface area contributed by atoms with E-state index in [1.165, 1.54) is 0 Å². The molecule has 0 aliphatic rings. The summed E-state index contributed by atoms with van der Waals surface area (Å²) in [6.07, 6.45) is 4.23. The van der Waals surface area contributed by atoms with Crippen molar-refractivity contribution < 1.29 is 24.2 Å². The predicted molar refractivity (Wildman–Crippen MR) is 184 cm³/mol. The number of rotatable bonds is 15. The van der Waals surface area contributed by atoms with E-state index in [0.717, 1.165) is 16.8 Å². The zero-order chi connectivity index (χ0) is 32.1. The number of hydrogen-bond acceptors (Lipinski definition) is 6. The average Bonchev–Trinajstić information content (AvgIpc) is 3.62. The van der Waals surface area contributed by atoms with Gasteiger partial charge in [-0.15, -0.1) is 0 Å². The molecular weight excluding hydrogens is 596 g/mol. The van der Waals surface area contributed by atoms with Crippen molar-refractivity contribution in [2.75, 3.05) is 23.4 Å². The van der Waals surface area contributed by atoms with Crippen LogP contribution in [0.15, 0.2) is 132 Å². The third-order valence-electron chi connectivity index (χ3n) is 7.29. The highest BCUT2D eigenvalue weighted by molar-refractivity contribution is 7.08. The largest absolute Gasteiger partial charge is 0.494 e. The molecule has 1 atom stereocenters. The standard InChI is InChI=1S/C38H34N2O5S/c41-36(21-18-29-22-25-46-27-29)40(31-12-5-2-6-13-31)23-9-24-45-32-19-16-28(17-20-32)26-35(38(43)44)39-34-15-8-7-14-33(34)37(42)30-10-3-1-4-11-30/h1-8,10-22,25,27,35,39H,9,23-24,26H2,(H,43,44)/t35-/m0/s1. The molecule has 1 amide bonds. The van der Waals surface area contributed by atoms with Gasteiger partial charge in [0.1, 0.15) is 11.8 Å². The molecule has 7 nitrogen and oxygen atoms in total. The molecule has 0 saturated heterocycles. The second kappa shape index (κ2) is 16.0. The summed E-state index contributed by atoms with van der Waals surface area (Å²) in [4.78, 5) is 40.1. The Balaban J connectivity index is 1.16. The fraction of sp³-hybridized carbons (Fsp3) is 0.132. The van der Waals surface area contributed by atoms with Crippen LogP contribution in [-0.4, -0.2) is 42.0 Å². The van der Waals surface area contributed by atoms with Gasteiger partial charge in [-0.05, 0) is 76.8 Å². The van der Waals surface area contributed by atoms with E-state index in [2.05, 4.69) is 5.32 Å². The molecule has 0 aliphatic carbocycles. The highest BCUT2D eigenvalue weighted by Gasteiger charge is 2.21. The molecule has 5 rings (SSSR count). The summed E-state index contributed by atoms with van der Waals surface area (Å²) in [5.41, 5.74) is 4.03. The summed E-state index contributed by atoms with van der Waals surface area (Å²) in [5, 5.41) is 17.0. The molecule has 0 unspecified atom stereocenters. The number of amides is 1. The Labute approximate surface area is 272 Å². The number of carbonyl (C=O) groups excluding carboxylic acids is 2. The SMILES string of the molecule is O=C(c1ccccc1)c1ccccc1N[C@@H](Cc1ccc(OCCCN(C(=O)C=Cc2ccsc2)c2ccccc2)cc1)C(=O)O. The van der Waals surface area contributed by atoms with Crippen LogP contribution in [0.4, 0.5) is 11.4 Å². The van der Waals surface area contributed by atoms with E-state index in [4.69, 9.17) is 4.74 Å². The molecule has 0 fully saturated rings. The topological polar surface area (TPSA) is 95.9 Å². The fourth-order valence-electron chi connectivity index (χ4n) is 4.91. The normalized spacial score (nSPS) is 11.6. The molecule has 0 bridgehead atoms. The number of carbonyl (C=O) groups is 3. The molecule has 8 heteroatoms. The maximum absolute atomic E-state index is 13.1. The van der Waals surface area contributed by atoms with Crippen LogP contribution < -0.4 is 15.0 Å². The van der Waals surface area contributed by atoms with Crippen molar-refractivity contribution in [2.45, 2.75) is 18.9 Å². The van der Waals surface area contributed by atoms with E-state index in [1.807, 2.05) is 83.6 Å². The second-order valence-corrected chi connectivity index (χ2v) is 11.3. The van der Waals surface area contributed by atoms with Gasteiger partial charge in [0.05, 0.1) is 6.61 Å². The average molecular weight is 631 g/mol. The number of ketones is 1. The van der Waals surface area contributed by atoms with Gasteiger partial charge in [-0.25, -0.2) is 4.79 Å². The van der Waals surface area contributed by atoms with Gasteiger partial charge in [-0.2, -0.15) is 11.3 Å². The summed E-state index contributed by atoms with van der Waals surface area (Å²) in [5.74, 6) is -0.655. The quantitative estimate of drug-likeness (QED) is 0.0703. The van der Waals surface area contributed by atoms with Crippen LogP contribution in [0.1, 0.15) is 33.5 Å². The van der Waals surface area contributed by atoms with Crippen LogP contribution in [0.5, 0.6) is 5.75 Å². The number of ether oxygens (including phenoxy) is 1. The molecule has 0 radical (unpaired) electrons. The first-order chi connectivity index (χ1) is 22.5. The number of nitrogens with one attached hydrogen (secondary N) is 1. The molecule has 0 saturated carbocycles. The van der Waals surface area contributed by atoms with Crippen LogP contribution >= 0.6 is 11.3 Å². The van der Waals surface area contributed by atoms with E-state index in [1.54, 1.807) is 70.8 Å². The Kier molecular flexibility index (Phi) is 11.1. The lowest BCUT2D eigenvalue weighted by Gasteiger charge is -2.21. The molecule has 232 valence electrons. The van der Waals surface area contributed by atoms with Crippen molar-refractivity contribution in [3.8, 4) is 5.75 Å². The molecule has 1 heterocycles. The predicted octanol–water partition coefficient (Wildman–Crippen LogP) is 7.60. The van der Waals surface area contributed by atoms with Gasteiger partial charge in [-0.3, -0.25) is 9.59 Å². The van der Waals surface area contributed by atoms with Crippen LogP contribution in [0, 0.1) is 0 Å². The van der Waals surface area contributed by atoms with Crippen molar-refractivity contribution >= 4 is 46.4 Å². The lowest BCUT2D eigenvalue weighted by molar-refractivity contribution is -0.137. The van der Waals surface area contributed by atoms with Crippen LogP contribution in [0.25, 0.3) is 6.08 Å². The van der Waals surface area contributed by atoms with E-state index >= 15 is 0 Å². The molecule has 0 spiro atoms. The minimum atomic E-state index is -1.02. The summed E-state index contributed by atoms with van der Waals surface area (Å²) in [6, 6.07) is 33.7. The van der Waals surface area contributed by atoms with Gasteiger partial charge in [-0.1, -0.05) is 72.8 Å². The Hall–Kier alpha value is -5.47. The van der Waals surface area contributed by atoms with Crippen molar-refractivity contribution in [2.24, 2.45) is 0 Å². The van der Waals surface area contributed by atoms with E-state index in [9.17, 15) is 19.5 Å². The molecule has 1 aromatic heterocycles. The third-order valence-corrected chi connectivity index (χ3v) is 7.99. The van der Waals surface area contributed by atoms with E-state index in [-0.39, 0.29) is 18.1 Å². The number of nitrogens with zero attached hydrogens (tertiary/aromatic N) is 1. The van der Waals surface area contributed by atoms with Gasteiger partial charge in [0, 0.05) is 41.5 Å². The summed E-state index contributed by atoms with van der Waals surface area (Å²) >= 11 is 1.58. The minimum absolute atomic E-state index is 0.101. The van der Waals surface area contributed by atoms with Crippen molar-refractivity contribution in [3.63, 3.8) is 0 Å². The first-order valence-electron chi connectivity index (χ1n) is 14.9. The van der Waals surface area contributed by atoms with Crippen molar-refractivity contribution in [1.82, 2.24) is 0 Å². The van der Waals surface area contributed by atoms with Gasteiger partial charge >= 0.3 is 5.97 Å². The number of hydrogen-bond donors (Lipinski definition) is 2. The molecule has 4 aromatic carbocycles. The molecule has 2 N–H and O–H groups in total. The van der Waals surface area contributed by atoms with E-state index < -0.39 is 12.0 Å². The Morgan fingerprint density at radius 1 is 0.848 bits per heavy atom. The van der Waals surface area contributed by atoms with Gasteiger partial charge in [0.25, 0.3) is 5.91 Å². The molecule has 5 aromatic rings. The first kappa shape index (κ1) is 31.9. The first-order valence-corrected chi connectivity index (χ1v) is 15.9. The number of benzene rings is 4.